The van der Waals surface area contributed by atoms with E-state index in [4.69, 9.17) is 5.11 Å². The molecule has 2 heteroatoms. The van der Waals surface area contributed by atoms with E-state index < -0.39 is 12.2 Å². The second-order valence-electron chi connectivity index (χ2n) is 4.22. The number of aliphatic hydroxyl groups excluding tert-OH is 2. The maximum atomic E-state index is 9.32. The Balaban J connectivity index is 3.06. The Morgan fingerprint density at radius 1 is 0.857 bits per heavy atom. The van der Waals surface area contributed by atoms with Crippen molar-refractivity contribution in [1.29, 1.82) is 0 Å². The molecule has 0 rings (SSSR count). The first-order valence-electron chi connectivity index (χ1n) is 6.04. The molecular formula is C12H26O2. The number of aliphatic hydroxyl groups is 2. The summed E-state index contributed by atoms with van der Waals surface area (Å²) in [6.45, 7) is 3.87. The van der Waals surface area contributed by atoms with E-state index >= 15 is 0 Å². The average Bonchev–Trinajstić information content (AvgIpc) is 2.16. The van der Waals surface area contributed by atoms with Crippen LogP contribution in [0.25, 0.3) is 0 Å². The van der Waals surface area contributed by atoms with Crippen LogP contribution in [0.3, 0.4) is 0 Å². The molecule has 0 aliphatic rings. The zero-order chi connectivity index (χ0) is 10.8. The minimum atomic E-state index is -0.574. The molecular weight excluding hydrogens is 176 g/mol. The summed E-state index contributed by atoms with van der Waals surface area (Å²) in [5.41, 5.74) is 0. The van der Waals surface area contributed by atoms with Crippen LogP contribution < -0.4 is 0 Å². The Morgan fingerprint density at radius 3 is 1.86 bits per heavy atom. The first-order chi connectivity index (χ1) is 6.68. The summed E-state index contributed by atoms with van der Waals surface area (Å²) < 4.78 is 0. The molecule has 2 nitrogen and oxygen atoms in total. The molecule has 0 bridgehead atoms. The first kappa shape index (κ1) is 13.9. The van der Waals surface area contributed by atoms with Crippen LogP contribution in [0.15, 0.2) is 0 Å². The molecule has 0 aliphatic carbocycles. The fourth-order valence-electron chi connectivity index (χ4n) is 1.55. The van der Waals surface area contributed by atoms with Crippen LogP contribution in [0.5, 0.6) is 0 Å². The number of hydrogen-bond acceptors (Lipinski definition) is 2. The van der Waals surface area contributed by atoms with Crippen LogP contribution in [0.2, 0.25) is 0 Å². The van der Waals surface area contributed by atoms with Crippen molar-refractivity contribution in [2.24, 2.45) is 0 Å². The smallest absolute Gasteiger partial charge is 0.0796 e. The van der Waals surface area contributed by atoms with Gasteiger partial charge in [-0.25, -0.2) is 0 Å². The van der Waals surface area contributed by atoms with Gasteiger partial charge in [0.25, 0.3) is 0 Å². The van der Waals surface area contributed by atoms with Gasteiger partial charge in [0.15, 0.2) is 0 Å². The maximum absolute atomic E-state index is 9.32. The molecule has 0 unspecified atom stereocenters. The molecule has 0 spiro atoms. The summed E-state index contributed by atoms with van der Waals surface area (Å²) in [6, 6.07) is 0. The molecule has 0 fully saturated rings. The molecule has 0 aliphatic heterocycles. The third-order valence-corrected chi connectivity index (χ3v) is 2.66. The second-order valence-corrected chi connectivity index (χ2v) is 4.22. The van der Waals surface area contributed by atoms with E-state index in [0.29, 0.717) is 0 Å². The fourth-order valence-corrected chi connectivity index (χ4v) is 1.55. The Hall–Kier alpha value is -0.0800. The lowest BCUT2D eigenvalue weighted by Crippen LogP contribution is -2.21. The van der Waals surface area contributed by atoms with E-state index in [1.54, 1.807) is 6.92 Å². The molecule has 0 radical (unpaired) electrons. The number of rotatable bonds is 9. The van der Waals surface area contributed by atoms with Crippen molar-refractivity contribution in [3.63, 3.8) is 0 Å². The maximum Gasteiger partial charge on any atom is 0.0796 e. The molecule has 0 saturated heterocycles. The standard InChI is InChI=1S/C12H26O2/c1-3-4-5-6-7-8-9-10-12(14)11(2)13/h11-14H,3-10H2,1-2H3/t11-,12+/m0/s1. The van der Waals surface area contributed by atoms with Crippen LogP contribution in [0.1, 0.15) is 65.2 Å². The predicted molar refractivity (Wildman–Crippen MR) is 60.3 cm³/mol. The van der Waals surface area contributed by atoms with E-state index in [-0.39, 0.29) is 0 Å². The molecule has 0 heterocycles. The molecule has 0 amide bonds. The van der Waals surface area contributed by atoms with E-state index in [0.717, 1.165) is 12.8 Å². The topological polar surface area (TPSA) is 40.5 Å². The Kier molecular flexibility index (Phi) is 9.42. The van der Waals surface area contributed by atoms with E-state index in [2.05, 4.69) is 6.92 Å². The van der Waals surface area contributed by atoms with Gasteiger partial charge in [0.2, 0.25) is 0 Å². The summed E-state index contributed by atoms with van der Waals surface area (Å²) >= 11 is 0. The zero-order valence-corrected chi connectivity index (χ0v) is 9.71. The Morgan fingerprint density at radius 2 is 1.36 bits per heavy atom. The number of hydrogen-bond donors (Lipinski definition) is 2. The SMILES string of the molecule is CCCCCCCCC[C@@H](O)[C@H](C)O. The lowest BCUT2D eigenvalue weighted by atomic mass is 10.0. The summed E-state index contributed by atoms with van der Waals surface area (Å²) in [4.78, 5) is 0. The van der Waals surface area contributed by atoms with Crippen molar-refractivity contribution in [3.05, 3.63) is 0 Å². The van der Waals surface area contributed by atoms with Crippen LogP contribution in [-0.2, 0) is 0 Å². The van der Waals surface area contributed by atoms with Gasteiger partial charge in [-0.15, -0.1) is 0 Å². The largest absolute Gasteiger partial charge is 0.391 e. The minimum Gasteiger partial charge on any atom is -0.391 e. The van der Waals surface area contributed by atoms with E-state index in [1.165, 1.54) is 38.5 Å². The van der Waals surface area contributed by atoms with Gasteiger partial charge in [0, 0.05) is 0 Å². The third-order valence-electron chi connectivity index (χ3n) is 2.66. The van der Waals surface area contributed by atoms with Crippen molar-refractivity contribution >= 4 is 0 Å². The van der Waals surface area contributed by atoms with Crippen LogP contribution in [0.4, 0.5) is 0 Å². The van der Waals surface area contributed by atoms with Crippen molar-refractivity contribution < 1.29 is 10.2 Å². The van der Waals surface area contributed by atoms with Crippen molar-refractivity contribution in [1.82, 2.24) is 0 Å². The zero-order valence-electron chi connectivity index (χ0n) is 9.71. The molecule has 0 aromatic carbocycles. The molecule has 2 N–H and O–H groups in total. The molecule has 0 saturated carbocycles. The summed E-state index contributed by atoms with van der Waals surface area (Å²) in [6.07, 6.45) is 8.44. The molecule has 14 heavy (non-hydrogen) atoms. The lowest BCUT2D eigenvalue weighted by Gasteiger charge is -2.12. The van der Waals surface area contributed by atoms with Gasteiger partial charge in [0.1, 0.15) is 0 Å². The van der Waals surface area contributed by atoms with Gasteiger partial charge in [-0.3, -0.25) is 0 Å². The third kappa shape index (κ3) is 8.52. The summed E-state index contributed by atoms with van der Waals surface area (Å²) in [7, 11) is 0. The summed E-state index contributed by atoms with van der Waals surface area (Å²) in [5.74, 6) is 0. The molecule has 0 aromatic rings. The highest BCUT2D eigenvalue weighted by atomic mass is 16.3. The van der Waals surface area contributed by atoms with Gasteiger partial charge in [-0.2, -0.15) is 0 Å². The average molecular weight is 202 g/mol. The van der Waals surface area contributed by atoms with Gasteiger partial charge >= 0.3 is 0 Å². The van der Waals surface area contributed by atoms with Gasteiger partial charge in [-0.05, 0) is 13.3 Å². The van der Waals surface area contributed by atoms with Crippen molar-refractivity contribution in [3.8, 4) is 0 Å². The van der Waals surface area contributed by atoms with E-state index in [1.807, 2.05) is 0 Å². The quantitative estimate of drug-likeness (QED) is 0.564. The Labute approximate surface area is 88.3 Å². The highest BCUT2D eigenvalue weighted by molar-refractivity contribution is 4.61. The Bertz CT molecular complexity index is 113. The molecule has 86 valence electrons. The van der Waals surface area contributed by atoms with Gasteiger partial charge in [0.05, 0.1) is 12.2 Å². The predicted octanol–water partition coefficient (Wildman–Crippen LogP) is 2.87. The van der Waals surface area contributed by atoms with Gasteiger partial charge < -0.3 is 10.2 Å². The monoisotopic (exact) mass is 202 g/mol. The second kappa shape index (κ2) is 9.47. The summed E-state index contributed by atoms with van der Waals surface area (Å²) in [5, 5.41) is 18.4. The molecule has 2 atom stereocenters. The lowest BCUT2D eigenvalue weighted by molar-refractivity contribution is 0.0247. The van der Waals surface area contributed by atoms with Crippen LogP contribution in [-0.4, -0.2) is 22.4 Å². The normalized spacial score (nSPS) is 15.4. The minimum absolute atomic E-state index is 0.523. The highest BCUT2D eigenvalue weighted by Crippen LogP contribution is 2.10. The molecule has 0 aromatic heterocycles. The van der Waals surface area contributed by atoms with Crippen molar-refractivity contribution in [2.75, 3.05) is 0 Å². The fraction of sp³-hybridized carbons (Fsp3) is 1.00. The van der Waals surface area contributed by atoms with Crippen LogP contribution >= 0.6 is 0 Å². The van der Waals surface area contributed by atoms with Gasteiger partial charge in [-0.1, -0.05) is 51.9 Å². The first-order valence-corrected chi connectivity index (χ1v) is 6.04. The number of unbranched alkanes of at least 4 members (excludes halogenated alkanes) is 6. The van der Waals surface area contributed by atoms with E-state index in [9.17, 15) is 5.11 Å². The van der Waals surface area contributed by atoms with Crippen molar-refractivity contribution in [2.45, 2.75) is 77.4 Å². The highest BCUT2D eigenvalue weighted by Gasteiger charge is 2.09. The van der Waals surface area contributed by atoms with Crippen LogP contribution in [0, 0.1) is 0 Å².